The summed E-state index contributed by atoms with van der Waals surface area (Å²) < 4.78 is 14.2. The van der Waals surface area contributed by atoms with E-state index in [4.69, 9.17) is 0 Å². The molecule has 0 saturated heterocycles. The summed E-state index contributed by atoms with van der Waals surface area (Å²) >= 11 is 1.34. The van der Waals surface area contributed by atoms with E-state index in [2.05, 4.69) is 9.97 Å². The van der Waals surface area contributed by atoms with Gasteiger partial charge in [0.15, 0.2) is 0 Å². The Morgan fingerprint density at radius 1 is 1.16 bits per heavy atom. The van der Waals surface area contributed by atoms with E-state index < -0.39 is 17.1 Å². The van der Waals surface area contributed by atoms with E-state index in [1.165, 1.54) is 35.6 Å². The van der Waals surface area contributed by atoms with E-state index in [0.29, 0.717) is 15.9 Å². The summed E-state index contributed by atoms with van der Waals surface area (Å²) in [6, 6.07) is 8.96. The van der Waals surface area contributed by atoms with Crippen molar-refractivity contribution in [2.75, 3.05) is 0 Å². The van der Waals surface area contributed by atoms with Gasteiger partial charge < -0.3 is 0 Å². The zero-order chi connectivity index (χ0) is 17.6. The molecule has 3 heterocycles. The number of thiophene rings is 1. The van der Waals surface area contributed by atoms with Crippen molar-refractivity contribution < 1.29 is 4.39 Å². The molecule has 0 unspecified atom stereocenters. The van der Waals surface area contributed by atoms with Crippen LogP contribution in [0.2, 0.25) is 0 Å². The largest absolute Gasteiger partial charge is 0.334 e. The Balaban J connectivity index is 2.03. The van der Waals surface area contributed by atoms with Gasteiger partial charge in [-0.2, -0.15) is 0 Å². The number of rotatable bonds is 2. The third-order valence-electron chi connectivity index (χ3n) is 4.00. The Hall–Kier alpha value is -3.06. The first-order valence-corrected chi connectivity index (χ1v) is 8.32. The van der Waals surface area contributed by atoms with Crippen LogP contribution in [0, 0.1) is 12.7 Å². The third kappa shape index (κ3) is 2.49. The molecule has 0 fully saturated rings. The van der Waals surface area contributed by atoms with Gasteiger partial charge in [0.05, 0.1) is 11.1 Å². The van der Waals surface area contributed by atoms with Crippen LogP contribution >= 0.6 is 11.3 Å². The smallest absolute Gasteiger partial charge is 0.298 e. The van der Waals surface area contributed by atoms with Crippen LogP contribution in [0.4, 0.5) is 4.39 Å². The maximum absolute atomic E-state index is 13.1. The predicted octanol–water partition coefficient (Wildman–Crippen LogP) is 3.25. The number of H-pyrrole nitrogens is 1. The van der Waals surface area contributed by atoms with Gasteiger partial charge in [-0.05, 0) is 42.8 Å². The van der Waals surface area contributed by atoms with Crippen LogP contribution in [0.25, 0.3) is 26.3 Å². The molecule has 0 aliphatic rings. The fourth-order valence-electron chi connectivity index (χ4n) is 2.81. The van der Waals surface area contributed by atoms with Gasteiger partial charge in [-0.25, -0.2) is 13.8 Å². The topological polar surface area (TPSA) is 67.8 Å². The molecule has 0 atom stereocenters. The predicted molar refractivity (Wildman–Crippen MR) is 96.0 cm³/mol. The van der Waals surface area contributed by atoms with Gasteiger partial charge in [-0.3, -0.25) is 14.8 Å². The average molecular weight is 353 g/mol. The van der Waals surface area contributed by atoms with E-state index in [9.17, 15) is 14.0 Å². The summed E-state index contributed by atoms with van der Waals surface area (Å²) in [7, 11) is 0. The minimum absolute atomic E-state index is 0.322. The van der Waals surface area contributed by atoms with Crippen molar-refractivity contribution in [2.45, 2.75) is 6.92 Å². The highest BCUT2D eigenvalue weighted by Gasteiger charge is 2.17. The standard InChI is InChI=1S/C18H12FN3O2S/c1-10-14-16(25-15(10)11-3-2-8-20-9-11)21-18(24)22(17(14)23)13-6-4-12(19)5-7-13/h2-9H,1H3,(H,21,24). The van der Waals surface area contributed by atoms with Crippen LogP contribution in [-0.4, -0.2) is 14.5 Å². The monoisotopic (exact) mass is 353 g/mol. The minimum atomic E-state index is -0.553. The Morgan fingerprint density at radius 3 is 2.60 bits per heavy atom. The Morgan fingerprint density at radius 2 is 1.92 bits per heavy atom. The highest BCUT2D eigenvalue weighted by atomic mass is 32.1. The number of benzene rings is 1. The number of hydrogen-bond donors (Lipinski definition) is 1. The molecule has 0 radical (unpaired) electrons. The number of aromatic nitrogens is 3. The molecule has 7 heteroatoms. The first-order valence-electron chi connectivity index (χ1n) is 7.51. The summed E-state index contributed by atoms with van der Waals surface area (Å²) in [6.07, 6.45) is 3.39. The number of halogens is 1. The van der Waals surface area contributed by atoms with Gasteiger partial charge in [0.2, 0.25) is 0 Å². The molecule has 0 aliphatic heterocycles. The number of aromatic amines is 1. The molecule has 25 heavy (non-hydrogen) atoms. The van der Waals surface area contributed by atoms with Gasteiger partial charge >= 0.3 is 5.69 Å². The lowest BCUT2D eigenvalue weighted by molar-refractivity contribution is 0.627. The van der Waals surface area contributed by atoms with Crippen molar-refractivity contribution in [1.82, 2.24) is 14.5 Å². The molecule has 0 spiro atoms. The summed E-state index contributed by atoms with van der Waals surface area (Å²) in [4.78, 5) is 33.6. The van der Waals surface area contributed by atoms with Crippen molar-refractivity contribution in [3.8, 4) is 16.1 Å². The summed E-state index contributed by atoms with van der Waals surface area (Å²) in [5.74, 6) is -0.431. The van der Waals surface area contributed by atoms with Crippen molar-refractivity contribution in [3.05, 3.63) is 81.0 Å². The number of hydrogen-bond acceptors (Lipinski definition) is 4. The second kappa shape index (κ2) is 5.78. The molecule has 0 amide bonds. The second-order valence-electron chi connectivity index (χ2n) is 5.55. The van der Waals surface area contributed by atoms with Crippen LogP contribution in [0.1, 0.15) is 5.56 Å². The molecule has 124 valence electrons. The number of fused-ring (bicyclic) bond motifs is 1. The number of nitrogens with one attached hydrogen (secondary N) is 1. The zero-order valence-corrected chi connectivity index (χ0v) is 13.9. The summed E-state index contributed by atoms with van der Waals surface area (Å²) in [6.45, 7) is 1.84. The average Bonchev–Trinajstić information content (AvgIpc) is 2.94. The molecular weight excluding hydrogens is 341 g/mol. The van der Waals surface area contributed by atoms with Gasteiger partial charge in [0.1, 0.15) is 10.6 Å². The highest BCUT2D eigenvalue weighted by molar-refractivity contribution is 7.22. The van der Waals surface area contributed by atoms with E-state index >= 15 is 0 Å². The fourth-order valence-corrected chi connectivity index (χ4v) is 3.99. The summed E-state index contributed by atoms with van der Waals surface area (Å²) in [5, 5.41) is 0.452. The fraction of sp³-hybridized carbons (Fsp3) is 0.0556. The number of pyridine rings is 1. The van der Waals surface area contributed by atoms with Crippen molar-refractivity contribution >= 4 is 21.6 Å². The molecular formula is C18H12FN3O2S. The van der Waals surface area contributed by atoms with E-state index in [0.717, 1.165) is 20.6 Å². The van der Waals surface area contributed by atoms with E-state index in [1.807, 2.05) is 19.1 Å². The van der Waals surface area contributed by atoms with Crippen molar-refractivity contribution in [2.24, 2.45) is 0 Å². The van der Waals surface area contributed by atoms with Crippen molar-refractivity contribution in [1.29, 1.82) is 0 Å². The molecule has 0 saturated carbocycles. The van der Waals surface area contributed by atoms with Crippen LogP contribution in [0.5, 0.6) is 0 Å². The molecule has 4 rings (SSSR count). The van der Waals surface area contributed by atoms with Crippen LogP contribution in [0.3, 0.4) is 0 Å². The van der Waals surface area contributed by atoms with Gasteiger partial charge in [0, 0.05) is 22.8 Å². The Kier molecular flexibility index (Phi) is 3.58. The molecule has 3 aromatic heterocycles. The first kappa shape index (κ1) is 15.5. The number of nitrogens with zero attached hydrogens (tertiary/aromatic N) is 2. The Labute approximate surface area is 145 Å². The zero-order valence-electron chi connectivity index (χ0n) is 13.1. The lowest BCUT2D eigenvalue weighted by Crippen LogP contribution is -2.33. The Bertz CT molecular complexity index is 1190. The summed E-state index contributed by atoms with van der Waals surface area (Å²) in [5.41, 5.74) is 1.01. The lowest BCUT2D eigenvalue weighted by Gasteiger charge is -2.04. The van der Waals surface area contributed by atoms with Crippen LogP contribution in [-0.2, 0) is 0 Å². The van der Waals surface area contributed by atoms with Crippen LogP contribution < -0.4 is 11.2 Å². The van der Waals surface area contributed by atoms with Crippen molar-refractivity contribution in [3.63, 3.8) is 0 Å². The quantitative estimate of drug-likeness (QED) is 0.601. The maximum atomic E-state index is 13.1. The van der Waals surface area contributed by atoms with Crippen LogP contribution in [0.15, 0.2) is 58.4 Å². The van der Waals surface area contributed by atoms with E-state index in [-0.39, 0.29) is 0 Å². The first-order chi connectivity index (χ1) is 12.1. The molecule has 0 bridgehead atoms. The van der Waals surface area contributed by atoms with Gasteiger partial charge in [-0.15, -0.1) is 11.3 Å². The highest BCUT2D eigenvalue weighted by Crippen LogP contribution is 2.34. The molecule has 0 aliphatic carbocycles. The molecule has 1 N–H and O–H groups in total. The molecule has 5 nitrogen and oxygen atoms in total. The number of aryl methyl sites for hydroxylation is 1. The second-order valence-corrected chi connectivity index (χ2v) is 6.57. The third-order valence-corrected chi connectivity index (χ3v) is 5.25. The maximum Gasteiger partial charge on any atom is 0.334 e. The van der Waals surface area contributed by atoms with E-state index in [1.54, 1.807) is 12.4 Å². The SMILES string of the molecule is Cc1c(-c2cccnc2)sc2[nH]c(=O)n(-c3ccc(F)cc3)c(=O)c12. The van der Waals surface area contributed by atoms with Gasteiger partial charge in [0.25, 0.3) is 5.56 Å². The normalized spacial score (nSPS) is 11.1. The lowest BCUT2D eigenvalue weighted by atomic mass is 10.1. The van der Waals surface area contributed by atoms with Gasteiger partial charge in [-0.1, -0.05) is 6.07 Å². The molecule has 4 aromatic rings. The molecule has 1 aromatic carbocycles. The minimum Gasteiger partial charge on any atom is -0.298 e.